The number of rotatable bonds is 43. The number of carbonyl (C=O) groups is 3. The molecular formula is C42H82O23P4S. The van der Waals surface area contributed by atoms with E-state index in [0.29, 0.717) is 25.7 Å². The second kappa shape index (κ2) is 37.1. The van der Waals surface area contributed by atoms with Crippen LogP contribution >= 0.6 is 43.1 Å². The molecule has 0 aromatic carbocycles. The zero-order valence-corrected chi connectivity index (χ0v) is 45.1. The summed E-state index contributed by atoms with van der Waals surface area (Å²) in [6.45, 7) is 3.16. The number of thioether (sulfide) groups is 1. The van der Waals surface area contributed by atoms with Crippen LogP contribution in [0, 0.1) is 0 Å². The van der Waals surface area contributed by atoms with Crippen LogP contribution in [0.2, 0.25) is 0 Å². The Morgan fingerprint density at radius 2 is 0.900 bits per heavy atom. The predicted octanol–water partition coefficient (Wildman–Crippen LogP) is 7.95. The number of carbonyl (C=O) groups excluding carboxylic acids is 3. The van der Waals surface area contributed by atoms with E-state index in [9.17, 15) is 77.1 Å². The summed E-state index contributed by atoms with van der Waals surface area (Å²) in [5, 5.41) is 22.1. The lowest BCUT2D eigenvalue weighted by Crippen LogP contribution is -2.65. The van der Waals surface area contributed by atoms with Crippen LogP contribution in [0.1, 0.15) is 187 Å². The summed E-state index contributed by atoms with van der Waals surface area (Å²) in [6, 6.07) is 0. The van der Waals surface area contributed by atoms with Crippen LogP contribution in [0.5, 0.6) is 0 Å². The van der Waals surface area contributed by atoms with Gasteiger partial charge in [0.15, 0.2) is 5.12 Å². The number of esters is 2. The zero-order valence-electron chi connectivity index (χ0n) is 40.7. The monoisotopic (exact) mass is 1110 g/mol. The van der Waals surface area contributed by atoms with Gasteiger partial charge in [-0.25, -0.2) is 18.3 Å². The molecule has 0 aromatic rings. The molecule has 0 radical (unpaired) electrons. The summed E-state index contributed by atoms with van der Waals surface area (Å²) < 4.78 is 82.1. The molecule has 9 N–H and O–H groups in total. The molecular weight excluding hydrogens is 1030 g/mol. The number of hydrogen-bond acceptors (Lipinski definition) is 17. The zero-order chi connectivity index (χ0) is 52.6. The van der Waals surface area contributed by atoms with Gasteiger partial charge in [0, 0.05) is 18.6 Å². The molecule has 70 heavy (non-hydrogen) atoms. The van der Waals surface area contributed by atoms with Crippen LogP contribution in [-0.2, 0) is 64.7 Å². The third-order valence-corrected chi connectivity index (χ3v) is 14.7. The minimum absolute atomic E-state index is 0.0274. The highest BCUT2D eigenvalue weighted by atomic mass is 32.2. The summed E-state index contributed by atoms with van der Waals surface area (Å²) >= 11 is 1.41. The van der Waals surface area contributed by atoms with Crippen molar-refractivity contribution in [2.75, 3.05) is 19.0 Å². The third kappa shape index (κ3) is 34.7. The molecule has 28 heteroatoms. The highest BCUT2D eigenvalue weighted by molar-refractivity contribution is 8.13. The largest absolute Gasteiger partial charge is 0.472 e. The Morgan fingerprint density at radius 3 is 1.34 bits per heavy atom. The van der Waals surface area contributed by atoms with Gasteiger partial charge in [0.1, 0.15) is 42.7 Å². The van der Waals surface area contributed by atoms with Crippen LogP contribution in [0.4, 0.5) is 0 Å². The lowest BCUT2D eigenvalue weighted by Gasteiger charge is -2.45. The number of aliphatic hydroxyl groups excluding tert-OH is 2. The number of phosphoric ester groups is 4. The van der Waals surface area contributed by atoms with Crippen LogP contribution in [0.25, 0.3) is 0 Å². The molecule has 8 atom stereocenters. The molecule has 0 aromatic heterocycles. The molecule has 4 unspecified atom stereocenters. The van der Waals surface area contributed by atoms with E-state index in [2.05, 4.69) is 20.5 Å². The number of aliphatic hydroxyl groups is 2. The fourth-order valence-electron chi connectivity index (χ4n) is 7.66. The second-order valence-corrected chi connectivity index (χ2v) is 23.7. The van der Waals surface area contributed by atoms with Gasteiger partial charge in [0.2, 0.25) is 0 Å². The Labute approximate surface area is 416 Å². The van der Waals surface area contributed by atoms with Gasteiger partial charge in [-0.2, -0.15) is 0 Å². The molecule has 1 aliphatic rings. The van der Waals surface area contributed by atoms with Crippen molar-refractivity contribution in [3.05, 3.63) is 0 Å². The van der Waals surface area contributed by atoms with Crippen molar-refractivity contribution >= 4 is 60.1 Å². The molecule has 0 heterocycles. The van der Waals surface area contributed by atoms with Crippen molar-refractivity contribution in [1.29, 1.82) is 0 Å². The van der Waals surface area contributed by atoms with Crippen molar-refractivity contribution in [3.63, 3.8) is 0 Å². The lowest BCUT2D eigenvalue weighted by atomic mass is 9.85. The molecule has 1 fully saturated rings. The second-order valence-electron chi connectivity index (χ2n) is 17.5. The maximum absolute atomic E-state index is 13.3. The van der Waals surface area contributed by atoms with E-state index in [1.165, 1.54) is 56.7 Å². The Kier molecular flexibility index (Phi) is 35.7. The van der Waals surface area contributed by atoms with Crippen LogP contribution in [0.3, 0.4) is 0 Å². The molecule has 0 amide bonds. The lowest BCUT2D eigenvalue weighted by molar-refractivity contribution is -0.209. The maximum atomic E-state index is 13.3. The quantitative estimate of drug-likeness (QED) is 0.0159. The highest BCUT2D eigenvalue weighted by Crippen LogP contribution is 2.53. The molecule has 0 saturated heterocycles. The number of hydrogen-bond donors (Lipinski definition) is 9. The molecule has 0 bridgehead atoms. The van der Waals surface area contributed by atoms with Gasteiger partial charge in [0.25, 0.3) is 0 Å². The Hall–Kier alpha value is -0.680. The van der Waals surface area contributed by atoms with Gasteiger partial charge < -0.3 is 53.9 Å². The van der Waals surface area contributed by atoms with Gasteiger partial charge in [-0.3, -0.25) is 37.0 Å². The summed E-state index contributed by atoms with van der Waals surface area (Å²) in [6.07, 6.45) is 6.24. The average molecular weight is 1110 g/mol. The predicted molar refractivity (Wildman–Crippen MR) is 258 cm³/mol. The number of unbranched alkanes of at least 4 members (excludes halogenated alkanes) is 21. The maximum Gasteiger partial charge on any atom is 0.472 e. The van der Waals surface area contributed by atoms with E-state index in [1.54, 1.807) is 0 Å². The topological polar surface area (TPSA) is 366 Å². The van der Waals surface area contributed by atoms with E-state index in [4.69, 9.17) is 18.5 Å². The van der Waals surface area contributed by atoms with Gasteiger partial charge >= 0.3 is 43.2 Å². The van der Waals surface area contributed by atoms with Crippen molar-refractivity contribution < 1.29 is 109 Å². The summed E-state index contributed by atoms with van der Waals surface area (Å²) in [5.41, 5.74) is 0. The fraction of sp³-hybridized carbons (Fsp3) is 0.929. The summed E-state index contributed by atoms with van der Waals surface area (Å²) in [7, 11) is -23.1. The minimum Gasteiger partial charge on any atom is -0.466 e. The van der Waals surface area contributed by atoms with Crippen molar-refractivity contribution in [1.82, 2.24) is 0 Å². The number of ether oxygens (including phenoxy) is 2. The van der Waals surface area contributed by atoms with E-state index in [1.807, 2.05) is 6.92 Å². The summed E-state index contributed by atoms with van der Waals surface area (Å²) in [5.74, 6) is -0.769. The van der Waals surface area contributed by atoms with Crippen LogP contribution < -0.4 is 0 Å². The van der Waals surface area contributed by atoms with Gasteiger partial charge in [-0.1, -0.05) is 154 Å². The molecule has 0 aliphatic heterocycles. The normalized spacial score (nSPS) is 21.3. The molecule has 0 spiro atoms. The SMILES string of the molecule is CCCCCCCCCCCCCCCC(=O)O[C@@H](COP(=O)(O)OC1C(O)[C@H](OP(=O)(O)O)C(OP(=O)(O)O)[C@H](OP(=O)(O)O)[C@@H]1O)CC(=O)OCCCCCCCCCCCCSC(=O)CCC. The van der Waals surface area contributed by atoms with E-state index >= 15 is 0 Å². The third-order valence-electron chi connectivity index (χ3n) is 11.1. The first kappa shape index (κ1) is 67.3. The van der Waals surface area contributed by atoms with E-state index < -0.39 is 99.0 Å². The highest BCUT2D eigenvalue weighted by Gasteiger charge is 2.59. The molecule has 1 saturated carbocycles. The fourth-order valence-corrected chi connectivity index (χ4v) is 11.2. The molecule has 23 nitrogen and oxygen atoms in total. The van der Waals surface area contributed by atoms with Gasteiger partial charge in [-0.05, 0) is 25.7 Å². The molecule has 1 rings (SSSR count). The van der Waals surface area contributed by atoms with Gasteiger partial charge in [-0.15, -0.1) is 0 Å². The van der Waals surface area contributed by atoms with Crippen molar-refractivity contribution in [2.24, 2.45) is 0 Å². The Bertz CT molecular complexity index is 1610. The molecule has 1 aliphatic carbocycles. The average Bonchev–Trinajstić information content (AvgIpc) is 3.25. The van der Waals surface area contributed by atoms with E-state index in [-0.39, 0.29) is 18.1 Å². The van der Waals surface area contributed by atoms with E-state index in [0.717, 1.165) is 95.6 Å². The number of phosphoric acid groups is 4. The summed E-state index contributed by atoms with van der Waals surface area (Å²) in [4.78, 5) is 105. The van der Waals surface area contributed by atoms with Gasteiger partial charge in [0.05, 0.1) is 19.6 Å². The first-order chi connectivity index (χ1) is 32.9. The minimum atomic E-state index is -5.80. The van der Waals surface area contributed by atoms with Crippen LogP contribution in [-0.4, -0.2) is 123 Å². The van der Waals surface area contributed by atoms with Crippen LogP contribution in [0.15, 0.2) is 0 Å². The first-order valence-electron chi connectivity index (χ1n) is 24.6. The Balaban J connectivity index is 2.87. The van der Waals surface area contributed by atoms with Crippen molar-refractivity contribution in [3.8, 4) is 0 Å². The Morgan fingerprint density at radius 1 is 0.486 bits per heavy atom. The first-order valence-corrected chi connectivity index (χ1v) is 31.7. The van der Waals surface area contributed by atoms with Crippen molar-refractivity contribution in [2.45, 2.75) is 230 Å². The smallest absolute Gasteiger partial charge is 0.466 e. The molecule has 414 valence electrons. The standard InChI is InChI=1S/C42H82O23P4S/c1-3-5-6-7-8-9-10-11-12-15-18-21-24-28-34(43)61-33(31-35(44)59-29-25-22-19-16-13-14-17-20-23-26-30-70-36(45)27-4-2)32-60-69(57,58)65-39-37(46)40(62-66(48,49)50)42(64-68(54,55)56)41(38(39)47)63-67(51,52)53/h33,37-42,46-47H,3-32H2,1-2H3,(H,57,58)(H2,48,49,50)(H2,51,52,53)(H2,54,55,56)/t33-,37-,38?,39?,40-,41+,42?/m1/s1.